The number of nitrogens with one attached hydrogen (secondary N) is 4. The average Bonchev–Trinajstić information content (AvgIpc) is 0.793. The van der Waals surface area contributed by atoms with Gasteiger partial charge in [-0.1, -0.05) is 0 Å². The monoisotopic (exact) mass is 1360 g/mol. The summed E-state index contributed by atoms with van der Waals surface area (Å²) >= 11 is 0. The third-order valence-electron chi connectivity index (χ3n) is 16.1. The van der Waals surface area contributed by atoms with E-state index in [0.717, 1.165) is 27.7 Å². The molecule has 0 radical (unpaired) electrons. The summed E-state index contributed by atoms with van der Waals surface area (Å²) in [5, 5.41) is 215. The van der Waals surface area contributed by atoms with E-state index >= 15 is 0 Å². The highest BCUT2D eigenvalue weighted by atomic mass is 16.8. The van der Waals surface area contributed by atoms with Crippen molar-refractivity contribution in [3.8, 4) is 0 Å². The van der Waals surface area contributed by atoms with Gasteiger partial charge in [-0.05, 0) is 0 Å². The molecule has 93 heavy (non-hydrogen) atoms. The lowest BCUT2D eigenvalue weighted by Crippen LogP contribution is -2.71. The summed E-state index contributed by atoms with van der Waals surface area (Å²) in [4.78, 5) is 87.4. The summed E-state index contributed by atoms with van der Waals surface area (Å²) < 4.78 is 72.9. The third-order valence-corrected chi connectivity index (χ3v) is 16.1. The van der Waals surface area contributed by atoms with E-state index in [1.165, 1.54) is 0 Å². The van der Waals surface area contributed by atoms with Crippen molar-refractivity contribution in [1.82, 2.24) is 21.3 Å². The molecule has 0 saturated carbocycles. The molecule has 43 nitrogen and oxygen atoms in total. The number of amides is 4. The number of hydrogen-bond acceptors (Lipinski definition) is 36. The Hall–Kier alpha value is -4.87. The number of aliphatic hydroxyl groups is 16. The topological polar surface area (TPSA) is 672 Å². The Morgan fingerprint density at radius 2 is 0.538 bits per heavy atom. The maximum Gasteiger partial charge on any atom is 0.335 e. The normalized spacial score (nSPS) is 46.3. The lowest BCUT2D eigenvalue weighted by atomic mass is 9.93. The molecule has 23 N–H and O–H groups in total. The minimum Gasteiger partial charge on any atom is -0.479 e. The maximum absolute atomic E-state index is 13.0. The molecule has 0 spiro atoms. The van der Waals surface area contributed by atoms with E-state index in [1.807, 2.05) is 0 Å². The lowest BCUT2D eigenvalue weighted by Gasteiger charge is -2.50. The molecule has 7 aliphatic rings. The highest BCUT2D eigenvalue weighted by Crippen LogP contribution is 2.38. The number of aliphatic carboxylic acids is 3. The van der Waals surface area contributed by atoms with Crippen LogP contribution in [0.15, 0.2) is 0 Å². The molecule has 0 aliphatic carbocycles. The van der Waals surface area contributed by atoms with Crippen LogP contribution in [0.25, 0.3) is 0 Å². The Labute approximate surface area is 522 Å². The van der Waals surface area contributed by atoms with Gasteiger partial charge in [-0.25, -0.2) is 14.4 Å². The molecule has 7 saturated heterocycles. The van der Waals surface area contributed by atoms with Gasteiger partial charge in [0, 0.05) is 27.7 Å². The number of aliphatic hydroxyl groups excluding tert-OH is 16. The van der Waals surface area contributed by atoms with Gasteiger partial charge in [-0.3, -0.25) is 19.2 Å². The minimum atomic E-state index is -2.53. The zero-order valence-corrected chi connectivity index (χ0v) is 49.2. The number of carboxylic acids is 3. The first kappa shape index (κ1) is 75.5. The number of ether oxygens (including phenoxy) is 13. The summed E-state index contributed by atoms with van der Waals surface area (Å²) in [6.07, 6.45) is -67.4. The quantitative estimate of drug-likeness (QED) is 0.0452. The molecular weight excluding hydrogens is 1280 g/mol. The number of carboxylic acid groups (broad SMARTS) is 3. The van der Waals surface area contributed by atoms with E-state index in [-0.39, 0.29) is 0 Å². The highest BCUT2D eigenvalue weighted by molar-refractivity contribution is 5.76. The first-order valence-corrected chi connectivity index (χ1v) is 28.6. The van der Waals surface area contributed by atoms with Crippen molar-refractivity contribution in [2.24, 2.45) is 0 Å². The van der Waals surface area contributed by atoms with Crippen LogP contribution < -0.4 is 21.3 Å². The van der Waals surface area contributed by atoms with Crippen LogP contribution in [0.4, 0.5) is 0 Å². The van der Waals surface area contributed by atoms with Gasteiger partial charge >= 0.3 is 17.9 Å². The lowest BCUT2D eigenvalue weighted by molar-refractivity contribution is -0.381. The molecule has 7 aliphatic heterocycles. The second-order valence-corrected chi connectivity index (χ2v) is 22.6. The van der Waals surface area contributed by atoms with Crippen LogP contribution in [0.1, 0.15) is 27.7 Å². The smallest absolute Gasteiger partial charge is 0.335 e. The van der Waals surface area contributed by atoms with Crippen molar-refractivity contribution < 1.29 is 192 Å². The van der Waals surface area contributed by atoms with Crippen molar-refractivity contribution in [2.75, 3.05) is 26.4 Å². The van der Waals surface area contributed by atoms with E-state index in [1.54, 1.807) is 0 Å². The standard InChI is InChI=1S/C50H78N4O39/c1-9(59)51-17-23(65)32(14(6-56)81-44(17)80)85-48-29(71)27(69)36(39(91-48)42(76)77)89-46-19(53-11(3)61)25(67)34(16(8-58)83-46)87-50-31(73)28(70)37(40(93-50)43(78)79)90-47-20(54-12(4)62)24(66)33(15(7-57)84-47)86-49-30(72)26(68)35(38(92-49)41(74)75)88-45-18(52-10(2)60)22(64)21(63)13(5-55)82-45/h13-40,44-50,55-58,63-73,80H,5-8H2,1-4H3,(H,51,59)(H,52,60)(H,53,61)(H,54,62)(H,74,75)(H,76,77)(H,78,79)/t13-,14-,15-,16-,17-,18-,19-,20-,21-,22-,23-,24-,25-,26-,27-,28-,29-,30-,31-,32-,33-,34-,35+,36+,37+,38+,39+,40+,44-,45+,46+,47+,48-,49-,50-/m1/s1. The Bertz CT molecular complexity index is 2570. The van der Waals surface area contributed by atoms with E-state index in [4.69, 9.17) is 61.6 Å². The van der Waals surface area contributed by atoms with Gasteiger partial charge in [-0.2, -0.15) is 0 Å². The SMILES string of the molecule is CC(=O)N[C@@H]1[C@@H](O)[C@H](O[C@@H]2O[C@H](C(=O)O)[C@@H](O[C@@H]3O[C@H](CO)[C@@H](O[C@@H]4O[C@H](C(=O)O)[C@@H](O[C@@H]5O[C@H](CO)[C@@H](O[C@@H]6O[C@H](C(=O)O)[C@@H](O[C@@H]7O[C@H](CO)[C@@H](O)[C@H](O)[C@H]7NC(C)=O)[C@H](O)[C@H]6O)[C@H](O)[C@H]5NC(C)=O)[C@H](O)[C@H]4O)[C@H](O)[C@H]3NC(C)=O)[C@H](O)[C@H]2O)[C@@H](CO)O[C@H]1O. The molecule has 7 heterocycles. The molecule has 4 amide bonds. The molecule has 532 valence electrons. The van der Waals surface area contributed by atoms with E-state index in [9.17, 15) is 131 Å². The fraction of sp³-hybridized carbons (Fsp3) is 0.860. The molecule has 0 bridgehead atoms. The minimum absolute atomic E-state index is 0.773. The van der Waals surface area contributed by atoms with E-state index in [0.29, 0.717) is 0 Å². The Balaban J connectivity index is 1.05. The van der Waals surface area contributed by atoms with E-state index in [2.05, 4.69) is 21.3 Å². The van der Waals surface area contributed by atoms with E-state index < -0.39 is 283 Å². The predicted molar refractivity (Wildman–Crippen MR) is 280 cm³/mol. The summed E-state index contributed by atoms with van der Waals surface area (Å²) in [5.41, 5.74) is 0. The van der Waals surface area contributed by atoms with Gasteiger partial charge in [0.25, 0.3) is 0 Å². The van der Waals surface area contributed by atoms with Crippen LogP contribution in [0, 0.1) is 0 Å². The molecule has 0 aromatic carbocycles. The van der Waals surface area contributed by atoms with Crippen molar-refractivity contribution in [3.63, 3.8) is 0 Å². The largest absolute Gasteiger partial charge is 0.479 e. The van der Waals surface area contributed by atoms with Crippen LogP contribution in [-0.2, 0) is 95.1 Å². The Morgan fingerprint density at radius 3 is 0.817 bits per heavy atom. The van der Waals surface area contributed by atoms with Crippen LogP contribution in [0.2, 0.25) is 0 Å². The van der Waals surface area contributed by atoms with Gasteiger partial charge in [0.05, 0.1) is 26.4 Å². The van der Waals surface area contributed by atoms with Crippen LogP contribution in [-0.4, -0.2) is 380 Å². The first-order chi connectivity index (χ1) is 43.7. The summed E-state index contributed by atoms with van der Waals surface area (Å²) in [6, 6.07) is -7.31. The first-order valence-electron chi connectivity index (χ1n) is 28.6. The summed E-state index contributed by atoms with van der Waals surface area (Å²) in [7, 11) is 0. The average molecular weight is 1360 g/mol. The van der Waals surface area contributed by atoms with Gasteiger partial charge in [0.1, 0.15) is 152 Å². The summed E-state index contributed by atoms with van der Waals surface area (Å²) in [5.74, 6) is -9.46. The molecular formula is C50H78N4O39. The Morgan fingerprint density at radius 1 is 0.290 bits per heavy atom. The molecule has 7 rings (SSSR count). The summed E-state index contributed by atoms with van der Waals surface area (Å²) in [6.45, 7) is -0.580. The van der Waals surface area contributed by atoms with Gasteiger partial charge in [0.15, 0.2) is 62.3 Å². The second-order valence-electron chi connectivity index (χ2n) is 22.6. The second kappa shape index (κ2) is 32.0. The Kier molecular flexibility index (Phi) is 26.0. The number of rotatable bonds is 23. The van der Waals surface area contributed by atoms with Gasteiger partial charge < -0.3 is 180 Å². The zero-order valence-electron chi connectivity index (χ0n) is 49.2. The molecule has 35 atom stereocenters. The van der Waals surface area contributed by atoms with Crippen molar-refractivity contribution in [1.29, 1.82) is 0 Å². The molecule has 0 unspecified atom stereocenters. The number of hydrogen-bond donors (Lipinski definition) is 23. The molecule has 7 fully saturated rings. The molecule has 0 aromatic rings. The highest BCUT2D eigenvalue weighted by Gasteiger charge is 2.61. The molecule has 0 aromatic heterocycles. The van der Waals surface area contributed by atoms with Crippen LogP contribution >= 0.6 is 0 Å². The number of carbonyl (C=O) groups excluding carboxylic acids is 4. The van der Waals surface area contributed by atoms with Crippen LogP contribution in [0.5, 0.6) is 0 Å². The molecule has 43 heteroatoms. The van der Waals surface area contributed by atoms with Crippen LogP contribution in [0.3, 0.4) is 0 Å². The van der Waals surface area contributed by atoms with Gasteiger partial charge in [-0.15, -0.1) is 0 Å². The van der Waals surface area contributed by atoms with Crippen molar-refractivity contribution >= 4 is 41.5 Å². The maximum atomic E-state index is 13.0. The third kappa shape index (κ3) is 16.6. The zero-order chi connectivity index (χ0) is 69.1. The fourth-order valence-electron chi connectivity index (χ4n) is 11.5. The number of carbonyl (C=O) groups is 7. The van der Waals surface area contributed by atoms with Crippen molar-refractivity contribution in [3.05, 3.63) is 0 Å². The fourth-order valence-corrected chi connectivity index (χ4v) is 11.5. The predicted octanol–water partition coefficient (Wildman–Crippen LogP) is -15.4. The van der Waals surface area contributed by atoms with Gasteiger partial charge in [0.2, 0.25) is 23.6 Å². The van der Waals surface area contributed by atoms with Crippen molar-refractivity contribution in [2.45, 2.75) is 242 Å².